The van der Waals surface area contributed by atoms with Crippen LogP contribution in [0, 0.1) is 11.8 Å². The summed E-state index contributed by atoms with van der Waals surface area (Å²) in [6.07, 6.45) is 35.0. The zero-order chi connectivity index (χ0) is 43.6. The Balaban J connectivity index is 2.34. The molecule has 0 aromatic carbocycles. The third-order valence-corrected chi connectivity index (χ3v) is 12.4. The van der Waals surface area contributed by atoms with Crippen LogP contribution < -0.4 is 0 Å². The van der Waals surface area contributed by atoms with E-state index in [0.717, 1.165) is 123 Å². The zero-order valence-electron chi connectivity index (χ0n) is 39.9. The first-order valence-corrected chi connectivity index (χ1v) is 25.8. The average molecular weight is 852 g/mol. The van der Waals surface area contributed by atoms with Gasteiger partial charge < -0.3 is 23.7 Å². The Labute approximate surface area is 370 Å². The zero-order valence-corrected chi connectivity index (χ0v) is 39.9. The molecule has 0 aromatic rings. The summed E-state index contributed by atoms with van der Waals surface area (Å²) in [5.41, 5.74) is 0. The molecular formula is C51H97NO8. The number of carbonyl (C=O) groups excluding carboxylic acids is 3. The summed E-state index contributed by atoms with van der Waals surface area (Å²) in [5, 5.41) is 0. The third-order valence-electron chi connectivity index (χ3n) is 12.4. The monoisotopic (exact) mass is 852 g/mol. The van der Waals surface area contributed by atoms with Gasteiger partial charge >= 0.3 is 17.9 Å². The maximum absolute atomic E-state index is 12.8. The summed E-state index contributed by atoms with van der Waals surface area (Å²) in [6.45, 7) is 14.8. The molecule has 0 bridgehead atoms. The molecule has 0 spiro atoms. The first-order valence-electron chi connectivity index (χ1n) is 25.8. The van der Waals surface area contributed by atoms with Gasteiger partial charge in [0.2, 0.25) is 0 Å². The van der Waals surface area contributed by atoms with Gasteiger partial charge in [0, 0.05) is 32.5 Å². The van der Waals surface area contributed by atoms with Crippen LogP contribution in [0.3, 0.4) is 0 Å². The molecule has 0 aromatic heterocycles. The predicted octanol–water partition coefficient (Wildman–Crippen LogP) is 13.1. The summed E-state index contributed by atoms with van der Waals surface area (Å²) in [6, 6.07) is 0. The van der Waals surface area contributed by atoms with Gasteiger partial charge in [-0.25, -0.2) is 4.79 Å². The highest BCUT2D eigenvalue weighted by Crippen LogP contribution is 2.23. The Morgan fingerprint density at radius 2 is 0.867 bits per heavy atom. The number of rotatable bonds is 44. The first kappa shape index (κ1) is 56.3. The molecule has 1 saturated heterocycles. The summed E-state index contributed by atoms with van der Waals surface area (Å²) >= 11 is 0. The average Bonchev–Trinajstić information content (AvgIpc) is 3.24. The van der Waals surface area contributed by atoms with Crippen molar-refractivity contribution >= 4 is 17.9 Å². The van der Waals surface area contributed by atoms with E-state index in [4.69, 9.17) is 23.7 Å². The lowest BCUT2D eigenvalue weighted by Crippen LogP contribution is -2.38. The summed E-state index contributed by atoms with van der Waals surface area (Å²) < 4.78 is 28.4. The van der Waals surface area contributed by atoms with Crippen molar-refractivity contribution < 1.29 is 38.1 Å². The lowest BCUT2D eigenvalue weighted by molar-refractivity contribution is -0.155. The highest BCUT2D eigenvalue weighted by Gasteiger charge is 2.17. The summed E-state index contributed by atoms with van der Waals surface area (Å²) in [7, 11) is 0. The number of ether oxygens (including phenoxy) is 5. The predicted molar refractivity (Wildman–Crippen MR) is 247 cm³/mol. The number of hydrogen-bond acceptors (Lipinski definition) is 9. The minimum Gasteiger partial charge on any atom is -0.466 e. The van der Waals surface area contributed by atoms with Crippen molar-refractivity contribution in [2.24, 2.45) is 11.8 Å². The van der Waals surface area contributed by atoms with Gasteiger partial charge in [0.25, 0.3) is 0 Å². The van der Waals surface area contributed by atoms with E-state index in [9.17, 15) is 14.4 Å². The Hall–Kier alpha value is -1.71. The summed E-state index contributed by atoms with van der Waals surface area (Å²) in [4.78, 5) is 39.9. The standard InChI is InChI=1S/C51H97NO8/c1-5-9-19-27-46(28-20-10-6-2)35-40-58-49(53)33-25-17-13-15-23-31-48(60-51(55)45-57-44-39-52-37-42-56-43-38-52)32-24-16-14-18-26-34-50(54)59-41-36-47(29-21-11-7-3)30-22-12-8-4/h46-48H,5-45H2,1-4H3. The topological polar surface area (TPSA) is 101 Å². The van der Waals surface area contributed by atoms with E-state index in [1.807, 2.05) is 0 Å². The lowest BCUT2D eigenvalue weighted by atomic mass is 9.92. The van der Waals surface area contributed by atoms with Gasteiger partial charge in [0.1, 0.15) is 12.7 Å². The number of morpholine rings is 1. The van der Waals surface area contributed by atoms with Crippen molar-refractivity contribution in [1.82, 2.24) is 4.90 Å². The molecule has 0 saturated carbocycles. The van der Waals surface area contributed by atoms with Crippen LogP contribution in [0.2, 0.25) is 0 Å². The highest BCUT2D eigenvalue weighted by molar-refractivity contribution is 5.71. The number of carbonyl (C=O) groups is 3. The molecule has 0 unspecified atom stereocenters. The molecule has 0 N–H and O–H groups in total. The quantitative estimate of drug-likeness (QED) is 0.0337. The van der Waals surface area contributed by atoms with E-state index in [0.29, 0.717) is 44.5 Å². The largest absolute Gasteiger partial charge is 0.466 e. The van der Waals surface area contributed by atoms with E-state index in [1.54, 1.807) is 0 Å². The second kappa shape index (κ2) is 42.6. The molecule has 0 aliphatic carbocycles. The van der Waals surface area contributed by atoms with Crippen molar-refractivity contribution in [1.29, 1.82) is 0 Å². The Morgan fingerprint density at radius 1 is 0.467 bits per heavy atom. The maximum atomic E-state index is 12.8. The van der Waals surface area contributed by atoms with Gasteiger partial charge in [0.05, 0.1) is 33.0 Å². The fourth-order valence-corrected chi connectivity index (χ4v) is 8.42. The van der Waals surface area contributed by atoms with Crippen LogP contribution in [0.5, 0.6) is 0 Å². The van der Waals surface area contributed by atoms with Crippen molar-refractivity contribution in [3.05, 3.63) is 0 Å². The van der Waals surface area contributed by atoms with Crippen LogP contribution in [0.4, 0.5) is 0 Å². The van der Waals surface area contributed by atoms with Gasteiger partial charge in [0.15, 0.2) is 0 Å². The summed E-state index contributed by atoms with van der Waals surface area (Å²) in [5.74, 6) is 0.985. The van der Waals surface area contributed by atoms with Crippen LogP contribution in [0.25, 0.3) is 0 Å². The molecule has 0 atom stereocenters. The van der Waals surface area contributed by atoms with Gasteiger partial charge in [-0.3, -0.25) is 14.5 Å². The third kappa shape index (κ3) is 35.8. The molecule has 1 aliphatic rings. The van der Waals surface area contributed by atoms with E-state index in [1.165, 1.54) is 103 Å². The van der Waals surface area contributed by atoms with Gasteiger partial charge in [-0.2, -0.15) is 0 Å². The first-order chi connectivity index (χ1) is 29.4. The molecule has 9 nitrogen and oxygen atoms in total. The van der Waals surface area contributed by atoms with Crippen LogP contribution >= 0.6 is 0 Å². The molecule has 1 rings (SSSR count). The van der Waals surface area contributed by atoms with Crippen molar-refractivity contribution in [3.8, 4) is 0 Å². The fourth-order valence-electron chi connectivity index (χ4n) is 8.42. The molecule has 9 heteroatoms. The van der Waals surface area contributed by atoms with Crippen LogP contribution in [0.1, 0.15) is 233 Å². The maximum Gasteiger partial charge on any atom is 0.332 e. The fraction of sp³-hybridized carbons (Fsp3) is 0.941. The molecule has 1 heterocycles. The Kier molecular flexibility index (Phi) is 40.0. The number of nitrogens with zero attached hydrogens (tertiary/aromatic N) is 1. The van der Waals surface area contributed by atoms with Crippen LogP contribution in [-0.2, 0) is 38.1 Å². The number of esters is 3. The van der Waals surface area contributed by atoms with E-state index in [2.05, 4.69) is 32.6 Å². The van der Waals surface area contributed by atoms with Crippen molar-refractivity contribution in [2.75, 3.05) is 59.3 Å². The van der Waals surface area contributed by atoms with Crippen LogP contribution in [-0.4, -0.2) is 88.2 Å². The molecule has 0 amide bonds. The van der Waals surface area contributed by atoms with Crippen LogP contribution in [0.15, 0.2) is 0 Å². The SMILES string of the molecule is CCCCCC(CCCCC)CCOC(=O)CCCCCCCC(CCCCCCCC(=O)OCCC(CCCCC)CCCCC)OC(=O)COCCN1CCOCC1. The lowest BCUT2D eigenvalue weighted by Gasteiger charge is -2.26. The second-order valence-corrected chi connectivity index (χ2v) is 18.0. The number of hydrogen-bond donors (Lipinski definition) is 0. The highest BCUT2D eigenvalue weighted by atomic mass is 16.6. The molecule has 0 radical (unpaired) electrons. The minimum atomic E-state index is -0.277. The molecule has 354 valence electrons. The molecular weight excluding hydrogens is 755 g/mol. The second-order valence-electron chi connectivity index (χ2n) is 18.0. The molecule has 60 heavy (non-hydrogen) atoms. The number of unbranched alkanes of at least 4 members (excludes halogenated alkanes) is 16. The van der Waals surface area contributed by atoms with E-state index < -0.39 is 0 Å². The smallest absolute Gasteiger partial charge is 0.332 e. The van der Waals surface area contributed by atoms with Gasteiger partial charge in [-0.15, -0.1) is 0 Å². The molecule has 1 fully saturated rings. The van der Waals surface area contributed by atoms with E-state index >= 15 is 0 Å². The van der Waals surface area contributed by atoms with Gasteiger partial charge in [-0.05, 0) is 63.2 Å². The van der Waals surface area contributed by atoms with Crippen molar-refractivity contribution in [3.63, 3.8) is 0 Å². The van der Waals surface area contributed by atoms with Gasteiger partial charge in [-0.1, -0.05) is 169 Å². The normalized spacial score (nSPS) is 13.4. The van der Waals surface area contributed by atoms with E-state index in [-0.39, 0.29) is 30.6 Å². The van der Waals surface area contributed by atoms with Crippen molar-refractivity contribution in [2.45, 2.75) is 239 Å². The minimum absolute atomic E-state index is 0.0101. The molecule has 1 aliphatic heterocycles. The Morgan fingerprint density at radius 3 is 1.30 bits per heavy atom. The Bertz CT molecular complexity index is 897.